The fourth-order valence-corrected chi connectivity index (χ4v) is 3.51. The Hall–Kier alpha value is -0.550. The van der Waals surface area contributed by atoms with E-state index in [1.165, 1.54) is 11.1 Å². The Morgan fingerprint density at radius 1 is 0.611 bits per heavy atom. The smallest absolute Gasteiger partial charge is 0.0288 e. The van der Waals surface area contributed by atoms with Gasteiger partial charge in [-0.05, 0) is 11.1 Å². The van der Waals surface area contributed by atoms with Gasteiger partial charge in [0.1, 0.15) is 0 Å². The minimum absolute atomic E-state index is 0. The molecule has 0 heterocycles. The van der Waals surface area contributed by atoms with Crippen LogP contribution >= 0.6 is 35.1 Å². The first-order valence-corrected chi connectivity index (χ1v) is 7.76. The summed E-state index contributed by atoms with van der Waals surface area (Å²) < 4.78 is 0. The monoisotopic (exact) mass is 297 g/mol. The van der Waals surface area contributed by atoms with Crippen molar-refractivity contribution in [1.29, 1.82) is 0 Å². The van der Waals surface area contributed by atoms with Crippen LogP contribution in [-0.4, -0.2) is 0 Å². The largest absolute Gasteiger partial charge is 0.344 e. The summed E-state index contributed by atoms with van der Waals surface area (Å²) in [6.45, 7) is 0. The Morgan fingerprint density at radius 2 is 0.944 bits per heavy atom. The Labute approximate surface area is 124 Å². The average Bonchev–Trinajstić information content (AvgIpc) is 2.37. The van der Waals surface area contributed by atoms with Crippen molar-refractivity contribution in [2.24, 2.45) is 0 Å². The summed E-state index contributed by atoms with van der Waals surface area (Å²) in [6.07, 6.45) is 0. The van der Waals surface area contributed by atoms with E-state index >= 15 is 0 Å². The second-order valence-electron chi connectivity index (χ2n) is 3.50. The molecule has 0 bridgehead atoms. The molecular formula is C14H19NS3. The molecule has 0 amide bonds. The molecule has 0 radical (unpaired) electrons. The van der Waals surface area contributed by atoms with Crippen LogP contribution in [0.2, 0.25) is 0 Å². The molecule has 0 aliphatic heterocycles. The predicted octanol–water partition coefficient (Wildman–Crippen LogP) is 5.04. The van der Waals surface area contributed by atoms with Crippen LogP contribution in [0.5, 0.6) is 0 Å². The lowest BCUT2D eigenvalue weighted by Crippen LogP contribution is -1.78. The van der Waals surface area contributed by atoms with Crippen LogP contribution in [0.4, 0.5) is 0 Å². The molecule has 0 saturated heterocycles. The Balaban J connectivity index is 0.00000144. The number of hydrogen-bond donors (Lipinski definition) is 1. The predicted molar refractivity (Wildman–Crippen MR) is 90.9 cm³/mol. The first-order chi connectivity index (χ1) is 7.95. The Bertz CT molecular complexity index is 364. The quantitative estimate of drug-likeness (QED) is 0.620. The van der Waals surface area contributed by atoms with Crippen LogP contribution in [0.3, 0.4) is 0 Å². The molecule has 0 fully saturated rings. The van der Waals surface area contributed by atoms with E-state index in [1.807, 2.05) is 21.6 Å². The second-order valence-corrected chi connectivity index (χ2v) is 5.96. The highest BCUT2D eigenvalue weighted by Crippen LogP contribution is 2.29. The van der Waals surface area contributed by atoms with Gasteiger partial charge in [0.15, 0.2) is 0 Å². The summed E-state index contributed by atoms with van der Waals surface area (Å²) in [5.74, 6) is 2.16. The van der Waals surface area contributed by atoms with Gasteiger partial charge < -0.3 is 6.15 Å². The molecule has 0 atom stereocenters. The van der Waals surface area contributed by atoms with Crippen LogP contribution in [0, 0.1) is 0 Å². The summed E-state index contributed by atoms with van der Waals surface area (Å²) in [7, 11) is 3.84. The standard InChI is InChI=1S/C14H14S2.H3N.H2S/c1-3-7-13(8-4-1)11-15-16-12-14-9-5-2-6-10-14;;/h1-10H,11-12H2;1H3;1H2. The van der Waals surface area contributed by atoms with E-state index in [4.69, 9.17) is 0 Å². The molecule has 18 heavy (non-hydrogen) atoms. The summed E-state index contributed by atoms with van der Waals surface area (Å²) in [5, 5.41) is 0. The highest BCUT2D eigenvalue weighted by Gasteiger charge is 1.94. The normalized spacial score (nSPS) is 9.11. The Morgan fingerprint density at radius 3 is 1.28 bits per heavy atom. The zero-order valence-electron chi connectivity index (χ0n) is 10.2. The van der Waals surface area contributed by atoms with E-state index in [-0.39, 0.29) is 19.6 Å². The van der Waals surface area contributed by atoms with Gasteiger partial charge in [-0.2, -0.15) is 13.5 Å². The second kappa shape index (κ2) is 10.4. The van der Waals surface area contributed by atoms with Gasteiger partial charge in [-0.3, -0.25) is 0 Å². The van der Waals surface area contributed by atoms with Gasteiger partial charge in [0.05, 0.1) is 0 Å². The van der Waals surface area contributed by atoms with Gasteiger partial charge in [0.25, 0.3) is 0 Å². The van der Waals surface area contributed by atoms with E-state index < -0.39 is 0 Å². The van der Waals surface area contributed by atoms with Gasteiger partial charge in [-0.15, -0.1) is 0 Å². The molecule has 4 heteroatoms. The third kappa shape index (κ3) is 6.40. The third-order valence-corrected chi connectivity index (χ3v) is 4.50. The van der Waals surface area contributed by atoms with Crippen molar-refractivity contribution in [3.63, 3.8) is 0 Å². The van der Waals surface area contributed by atoms with Crippen molar-refractivity contribution >= 4 is 35.1 Å². The molecule has 98 valence electrons. The SMILES string of the molecule is N.S.c1ccc(CSSCc2ccccc2)cc1. The van der Waals surface area contributed by atoms with Gasteiger partial charge in [0.2, 0.25) is 0 Å². The molecule has 2 aromatic rings. The van der Waals surface area contributed by atoms with E-state index in [9.17, 15) is 0 Å². The molecule has 0 saturated carbocycles. The number of benzene rings is 2. The third-order valence-electron chi connectivity index (χ3n) is 2.22. The fourth-order valence-electron chi connectivity index (χ4n) is 1.37. The maximum absolute atomic E-state index is 2.18. The number of hydrogen-bond acceptors (Lipinski definition) is 3. The van der Waals surface area contributed by atoms with Gasteiger partial charge in [-0.25, -0.2) is 0 Å². The lowest BCUT2D eigenvalue weighted by molar-refractivity contribution is 1.42. The van der Waals surface area contributed by atoms with E-state index in [1.54, 1.807) is 0 Å². The molecule has 0 spiro atoms. The molecule has 2 aromatic carbocycles. The molecule has 0 aliphatic rings. The van der Waals surface area contributed by atoms with E-state index in [0.29, 0.717) is 0 Å². The summed E-state index contributed by atoms with van der Waals surface area (Å²) >= 11 is 0. The van der Waals surface area contributed by atoms with Crippen molar-refractivity contribution in [3.8, 4) is 0 Å². The van der Waals surface area contributed by atoms with Crippen LogP contribution in [0.15, 0.2) is 60.7 Å². The van der Waals surface area contributed by atoms with Crippen LogP contribution in [-0.2, 0) is 11.5 Å². The molecule has 3 N–H and O–H groups in total. The lowest BCUT2D eigenvalue weighted by atomic mass is 10.2. The fraction of sp³-hybridized carbons (Fsp3) is 0.143. The first kappa shape index (κ1) is 17.4. The van der Waals surface area contributed by atoms with Gasteiger partial charge in [0, 0.05) is 11.5 Å². The highest BCUT2D eigenvalue weighted by atomic mass is 33.1. The lowest BCUT2D eigenvalue weighted by Gasteiger charge is -2.01. The van der Waals surface area contributed by atoms with E-state index in [0.717, 1.165) is 11.5 Å². The summed E-state index contributed by atoms with van der Waals surface area (Å²) in [4.78, 5) is 0. The average molecular weight is 298 g/mol. The number of rotatable bonds is 5. The van der Waals surface area contributed by atoms with Crippen molar-refractivity contribution in [2.45, 2.75) is 11.5 Å². The van der Waals surface area contributed by atoms with Crippen LogP contribution in [0.25, 0.3) is 0 Å². The summed E-state index contributed by atoms with van der Waals surface area (Å²) in [6, 6.07) is 21.2. The Kier molecular flexibility index (Phi) is 10.1. The zero-order valence-corrected chi connectivity index (χ0v) is 12.8. The summed E-state index contributed by atoms with van der Waals surface area (Å²) in [5.41, 5.74) is 2.79. The van der Waals surface area contributed by atoms with Gasteiger partial charge >= 0.3 is 0 Å². The highest BCUT2D eigenvalue weighted by molar-refractivity contribution is 8.76. The van der Waals surface area contributed by atoms with Crippen molar-refractivity contribution in [3.05, 3.63) is 71.8 Å². The van der Waals surface area contributed by atoms with Crippen molar-refractivity contribution in [2.75, 3.05) is 0 Å². The zero-order chi connectivity index (χ0) is 11.1. The molecule has 1 nitrogen and oxygen atoms in total. The van der Waals surface area contributed by atoms with Crippen LogP contribution < -0.4 is 6.15 Å². The molecule has 0 aliphatic carbocycles. The van der Waals surface area contributed by atoms with Gasteiger partial charge in [-0.1, -0.05) is 82.3 Å². The van der Waals surface area contributed by atoms with Crippen LogP contribution in [0.1, 0.15) is 11.1 Å². The maximum atomic E-state index is 2.18. The minimum Gasteiger partial charge on any atom is -0.344 e. The molecule has 2 rings (SSSR count). The molecule has 0 unspecified atom stereocenters. The molecule has 0 aromatic heterocycles. The van der Waals surface area contributed by atoms with Crippen molar-refractivity contribution < 1.29 is 0 Å². The van der Waals surface area contributed by atoms with E-state index in [2.05, 4.69) is 60.7 Å². The van der Waals surface area contributed by atoms with Crippen molar-refractivity contribution in [1.82, 2.24) is 6.15 Å². The first-order valence-electron chi connectivity index (χ1n) is 5.27. The maximum Gasteiger partial charge on any atom is 0.0288 e. The molecular weight excluding hydrogens is 278 g/mol. The topological polar surface area (TPSA) is 35.0 Å². The minimum atomic E-state index is 0.